The van der Waals surface area contributed by atoms with Gasteiger partial charge in [-0.25, -0.2) is 4.98 Å². The molecule has 3 rings (SSSR count). The number of hydrogen-bond donors (Lipinski definition) is 0. The van der Waals surface area contributed by atoms with Crippen LogP contribution in [0.3, 0.4) is 0 Å². The summed E-state index contributed by atoms with van der Waals surface area (Å²) in [6.45, 7) is 6.13. The molecule has 5 heteroatoms. The number of ketones is 1. The highest BCUT2D eigenvalue weighted by molar-refractivity contribution is 5.98. The molecule has 5 nitrogen and oxygen atoms in total. The van der Waals surface area contributed by atoms with Crippen LogP contribution < -0.4 is 0 Å². The topological polar surface area (TPSA) is 60.7 Å². The Bertz CT molecular complexity index is 703. The van der Waals surface area contributed by atoms with E-state index in [-0.39, 0.29) is 5.78 Å². The molecule has 0 amide bonds. The molecule has 0 bridgehead atoms. The number of rotatable bonds is 3. The van der Waals surface area contributed by atoms with Crippen LogP contribution in [0.2, 0.25) is 0 Å². The van der Waals surface area contributed by atoms with Crippen LogP contribution in [-0.4, -0.2) is 25.5 Å². The van der Waals surface area contributed by atoms with E-state index in [0.29, 0.717) is 12.4 Å². The monoisotopic (exact) mass is 284 g/mol. The molecule has 0 spiro atoms. The first-order chi connectivity index (χ1) is 10.2. The zero-order valence-corrected chi connectivity index (χ0v) is 12.8. The van der Waals surface area contributed by atoms with Gasteiger partial charge in [0.25, 0.3) is 5.95 Å². The van der Waals surface area contributed by atoms with Gasteiger partial charge in [0.15, 0.2) is 5.78 Å². The van der Waals surface area contributed by atoms with Gasteiger partial charge in [-0.3, -0.25) is 9.36 Å². The van der Waals surface area contributed by atoms with Crippen LogP contribution in [0.5, 0.6) is 0 Å². The molecule has 0 aromatic carbocycles. The third kappa shape index (κ3) is 2.26. The summed E-state index contributed by atoms with van der Waals surface area (Å²) in [7, 11) is 0. The number of aromatic nitrogens is 4. The van der Waals surface area contributed by atoms with Gasteiger partial charge in [-0.05, 0) is 38.7 Å². The fourth-order valence-corrected chi connectivity index (χ4v) is 3.03. The van der Waals surface area contributed by atoms with E-state index in [1.807, 2.05) is 17.6 Å². The Morgan fingerprint density at radius 2 is 1.90 bits per heavy atom. The Morgan fingerprint density at radius 1 is 1.14 bits per heavy atom. The van der Waals surface area contributed by atoms with Crippen molar-refractivity contribution in [2.75, 3.05) is 0 Å². The Hall–Kier alpha value is -2.04. The summed E-state index contributed by atoms with van der Waals surface area (Å²) in [6, 6.07) is 1.96. The van der Waals surface area contributed by atoms with Crippen LogP contribution in [-0.2, 0) is 19.3 Å². The minimum atomic E-state index is 0.229. The highest BCUT2D eigenvalue weighted by Crippen LogP contribution is 2.26. The van der Waals surface area contributed by atoms with E-state index in [4.69, 9.17) is 0 Å². The predicted octanol–water partition coefficient (Wildman–Crippen LogP) is 2.61. The lowest BCUT2D eigenvalue weighted by Crippen LogP contribution is -2.16. The third-order valence-corrected chi connectivity index (χ3v) is 4.10. The highest BCUT2D eigenvalue weighted by atomic mass is 16.1. The van der Waals surface area contributed by atoms with E-state index in [2.05, 4.69) is 29.0 Å². The van der Waals surface area contributed by atoms with E-state index < -0.39 is 0 Å². The minimum absolute atomic E-state index is 0.229. The summed E-state index contributed by atoms with van der Waals surface area (Å²) in [6.07, 6.45) is 4.12. The van der Waals surface area contributed by atoms with Crippen LogP contribution in [0.1, 0.15) is 59.8 Å². The molecule has 2 aromatic heterocycles. The molecule has 110 valence electrons. The second-order valence-corrected chi connectivity index (χ2v) is 5.47. The molecule has 0 radical (unpaired) electrons. The van der Waals surface area contributed by atoms with Gasteiger partial charge in [0.2, 0.25) is 0 Å². The lowest BCUT2D eigenvalue weighted by atomic mass is 9.97. The van der Waals surface area contributed by atoms with Crippen molar-refractivity contribution in [1.29, 1.82) is 0 Å². The van der Waals surface area contributed by atoms with Gasteiger partial charge in [-0.15, -0.1) is 10.2 Å². The van der Waals surface area contributed by atoms with Crippen LogP contribution in [0.15, 0.2) is 6.07 Å². The highest BCUT2D eigenvalue weighted by Gasteiger charge is 2.24. The standard InChI is InChI=1S/C16H20N4O/c1-4-12-13(5-2)18-19-16(17-12)20-10(3)9-11-14(20)7-6-8-15(11)21/h9H,4-8H2,1-3H3. The van der Waals surface area contributed by atoms with Crippen molar-refractivity contribution < 1.29 is 4.79 Å². The van der Waals surface area contributed by atoms with Crippen LogP contribution >= 0.6 is 0 Å². The third-order valence-electron chi connectivity index (χ3n) is 4.10. The Morgan fingerprint density at radius 3 is 2.62 bits per heavy atom. The molecule has 0 saturated carbocycles. The number of Topliss-reactive ketones (excluding diaryl/α,β-unsaturated/α-hetero) is 1. The zero-order valence-electron chi connectivity index (χ0n) is 12.8. The van der Waals surface area contributed by atoms with Gasteiger partial charge >= 0.3 is 0 Å². The van der Waals surface area contributed by atoms with Crippen molar-refractivity contribution in [2.24, 2.45) is 0 Å². The molecule has 0 N–H and O–H groups in total. The maximum absolute atomic E-state index is 12.0. The fraction of sp³-hybridized carbons (Fsp3) is 0.500. The molecule has 2 aromatic rings. The lowest BCUT2D eigenvalue weighted by Gasteiger charge is -2.15. The molecule has 21 heavy (non-hydrogen) atoms. The summed E-state index contributed by atoms with van der Waals surface area (Å²) in [5.74, 6) is 0.824. The largest absolute Gasteiger partial charge is 0.294 e. The normalized spacial score (nSPS) is 14.3. The molecule has 0 fully saturated rings. The summed E-state index contributed by atoms with van der Waals surface area (Å²) in [4.78, 5) is 16.7. The number of nitrogens with zero attached hydrogens (tertiary/aromatic N) is 4. The van der Waals surface area contributed by atoms with Crippen molar-refractivity contribution in [3.8, 4) is 5.95 Å². The van der Waals surface area contributed by atoms with Crippen molar-refractivity contribution in [1.82, 2.24) is 19.7 Å². The molecule has 0 saturated heterocycles. The van der Waals surface area contributed by atoms with Crippen LogP contribution in [0.4, 0.5) is 0 Å². The van der Waals surface area contributed by atoms with Crippen molar-refractivity contribution in [3.05, 3.63) is 34.4 Å². The maximum atomic E-state index is 12.0. The van der Waals surface area contributed by atoms with Crippen molar-refractivity contribution >= 4 is 5.78 Å². The van der Waals surface area contributed by atoms with E-state index in [1.165, 1.54) is 0 Å². The summed E-state index contributed by atoms with van der Waals surface area (Å²) in [5, 5.41) is 8.60. The molecule has 2 heterocycles. The summed E-state index contributed by atoms with van der Waals surface area (Å²) >= 11 is 0. The summed E-state index contributed by atoms with van der Waals surface area (Å²) in [5.41, 5.74) is 4.82. The van der Waals surface area contributed by atoms with Crippen molar-refractivity contribution in [3.63, 3.8) is 0 Å². The number of carbonyl (C=O) groups is 1. The average molecular weight is 284 g/mol. The Balaban J connectivity index is 2.15. The Labute approximate surface area is 124 Å². The first-order valence-electron chi connectivity index (χ1n) is 7.63. The van der Waals surface area contributed by atoms with Gasteiger partial charge in [-0.2, -0.15) is 0 Å². The molecular weight excluding hydrogens is 264 g/mol. The molecular formula is C16H20N4O. The number of hydrogen-bond acceptors (Lipinski definition) is 4. The maximum Gasteiger partial charge on any atom is 0.254 e. The van der Waals surface area contributed by atoms with Crippen LogP contribution in [0, 0.1) is 6.92 Å². The smallest absolute Gasteiger partial charge is 0.254 e. The fourth-order valence-electron chi connectivity index (χ4n) is 3.03. The second-order valence-electron chi connectivity index (χ2n) is 5.47. The SMILES string of the molecule is CCc1nnc(-n2c(C)cc3c2CCCC3=O)nc1CC. The molecule has 0 atom stereocenters. The number of aryl methyl sites for hydroxylation is 3. The minimum Gasteiger partial charge on any atom is -0.294 e. The zero-order chi connectivity index (χ0) is 15.0. The van der Waals surface area contributed by atoms with Gasteiger partial charge in [-0.1, -0.05) is 13.8 Å². The number of carbonyl (C=O) groups excluding carboxylic acids is 1. The molecule has 0 unspecified atom stereocenters. The Kier molecular flexibility index (Phi) is 3.57. The molecule has 1 aliphatic carbocycles. The average Bonchev–Trinajstić information content (AvgIpc) is 2.84. The van der Waals surface area contributed by atoms with E-state index >= 15 is 0 Å². The quantitative estimate of drug-likeness (QED) is 0.869. The van der Waals surface area contributed by atoms with Gasteiger partial charge in [0.1, 0.15) is 0 Å². The summed E-state index contributed by atoms with van der Waals surface area (Å²) < 4.78 is 2.00. The first-order valence-corrected chi connectivity index (χ1v) is 7.63. The lowest BCUT2D eigenvalue weighted by molar-refractivity contribution is 0.0972. The van der Waals surface area contributed by atoms with E-state index in [9.17, 15) is 4.79 Å². The van der Waals surface area contributed by atoms with Gasteiger partial charge in [0, 0.05) is 23.4 Å². The number of fused-ring (bicyclic) bond motifs is 1. The van der Waals surface area contributed by atoms with Crippen LogP contribution in [0.25, 0.3) is 5.95 Å². The second kappa shape index (κ2) is 5.39. The van der Waals surface area contributed by atoms with Gasteiger partial charge in [0.05, 0.1) is 11.4 Å². The first kappa shape index (κ1) is 13.9. The molecule has 0 aliphatic heterocycles. The van der Waals surface area contributed by atoms with Crippen molar-refractivity contribution in [2.45, 2.75) is 52.9 Å². The van der Waals surface area contributed by atoms with E-state index in [0.717, 1.165) is 54.0 Å². The van der Waals surface area contributed by atoms with Gasteiger partial charge < -0.3 is 0 Å². The molecule has 1 aliphatic rings. The van der Waals surface area contributed by atoms with E-state index in [1.54, 1.807) is 0 Å². The predicted molar refractivity (Wildman–Crippen MR) is 79.9 cm³/mol.